The topological polar surface area (TPSA) is 58.4 Å². The van der Waals surface area contributed by atoms with Crippen molar-refractivity contribution in [2.75, 3.05) is 25.0 Å². The average Bonchev–Trinajstić information content (AvgIpc) is 2.38. The molecular weight excluding hydrogens is 257 g/mol. The Balaban J connectivity index is 1.93. The van der Waals surface area contributed by atoms with Gasteiger partial charge in [0.05, 0.1) is 6.54 Å². The van der Waals surface area contributed by atoms with Gasteiger partial charge in [-0.25, -0.2) is 4.39 Å². The van der Waals surface area contributed by atoms with Crippen molar-refractivity contribution < 1.29 is 9.18 Å². The molecule has 1 amide bonds. The fourth-order valence-electron chi connectivity index (χ4n) is 2.86. The van der Waals surface area contributed by atoms with Crippen LogP contribution in [0.1, 0.15) is 19.8 Å². The molecule has 1 heterocycles. The highest BCUT2D eigenvalue weighted by molar-refractivity contribution is 5.92. The van der Waals surface area contributed by atoms with Crippen LogP contribution in [0.25, 0.3) is 0 Å². The summed E-state index contributed by atoms with van der Waals surface area (Å²) in [5.74, 6) is 0.0353. The van der Waals surface area contributed by atoms with Crippen molar-refractivity contribution in [1.82, 2.24) is 4.90 Å². The molecule has 2 unspecified atom stereocenters. The molecule has 110 valence electrons. The monoisotopic (exact) mass is 279 g/mol. The van der Waals surface area contributed by atoms with Crippen molar-refractivity contribution in [1.29, 1.82) is 0 Å². The molecule has 1 aromatic rings. The summed E-state index contributed by atoms with van der Waals surface area (Å²) in [5.41, 5.74) is 6.30. The normalized spacial score (nSPS) is 23.6. The quantitative estimate of drug-likeness (QED) is 0.884. The maximum Gasteiger partial charge on any atom is 0.238 e. The maximum absolute atomic E-state index is 13.1. The summed E-state index contributed by atoms with van der Waals surface area (Å²) in [7, 11) is 0. The van der Waals surface area contributed by atoms with Gasteiger partial charge >= 0.3 is 0 Å². The van der Waals surface area contributed by atoms with E-state index in [2.05, 4.69) is 17.1 Å². The van der Waals surface area contributed by atoms with Crippen molar-refractivity contribution in [2.45, 2.75) is 25.8 Å². The van der Waals surface area contributed by atoms with Gasteiger partial charge < -0.3 is 11.1 Å². The number of amides is 1. The van der Waals surface area contributed by atoms with E-state index in [0.29, 0.717) is 24.7 Å². The maximum atomic E-state index is 13.1. The predicted molar refractivity (Wildman–Crippen MR) is 77.8 cm³/mol. The molecule has 1 saturated heterocycles. The second kappa shape index (κ2) is 6.81. The molecule has 1 aliphatic rings. The molecule has 0 saturated carbocycles. The number of piperidine rings is 1. The minimum Gasteiger partial charge on any atom is -0.329 e. The number of benzene rings is 1. The Labute approximate surface area is 119 Å². The number of hydrogen-bond acceptors (Lipinski definition) is 3. The summed E-state index contributed by atoms with van der Waals surface area (Å²) in [6.45, 7) is 3.94. The number of anilines is 1. The lowest BCUT2D eigenvalue weighted by Crippen LogP contribution is -2.51. The smallest absolute Gasteiger partial charge is 0.238 e. The van der Waals surface area contributed by atoms with Gasteiger partial charge in [-0.15, -0.1) is 0 Å². The van der Waals surface area contributed by atoms with Crippen LogP contribution in [0, 0.1) is 11.7 Å². The molecule has 0 aliphatic carbocycles. The Morgan fingerprint density at radius 1 is 1.55 bits per heavy atom. The first-order chi connectivity index (χ1) is 9.60. The molecule has 2 rings (SSSR count). The van der Waals surface area contributed by atoms with Gasteiger partial charge in [0, 0.05) is 18.3 Å². The first-order valence-electron chi connectivity index (χ1n) is 7.09. The molecule has 1 fully saturated rings. The summed E-state index contributed by atoms with van der Waals surface area (Å²) >= 11 is 0. The molecule has 0 aromatic heterocycles. The van der Waals surface area contributed by atoms with Crippen LogP contribution in [0.3, 0.4) is 0 Å². The van der Waals surface area contributed by atoms with E-state index in [4.69, 9.17) is 5.73 Å². The highest BCUT2D eigenvalue weighted by Gasteiger charge is 2.28. The van der Waals surface area contributed by atoms with E-state index in [1.165, 1.54) is 12.1 Å². The molecular formula is C15H22FN3O. The van der Waals surface area contributed by atoms with Crippen LogP contribution in [0.15, 0.2) is 24.3 Å². The number of halogens is 1. The second-order valence-corrected chi connectivity index (χ2v) is 5.45. The van der Waals surface area contributed by atoms with Gasteiger partial charge in [0.15, 0.2) is 0 Å². The third kappa shape index (κ3) is 3.77. The summed E-state index contributed by atoms with van der Waals surface area (Å²) in [5, 5.41) is 2.73. The van der Waals surface area contributed by atoms with Gasteiger partial charge in [0.25, 0.3) is 0 Å². The van der Waals surface area contributed by atoms with Crippen molar-refractivity contribution in [3.8, 4) is 0 Å². The van der Waals surface area contributed by atoms with Gasteiger partial charge in [0.1, 0.15) is 5.82 Å². The van der Waals surface area contributed by atoms with Crippen LogP contribution in [0.5, 0.6) is 0 Å². The lowest BCUT2D eigenvalue weighted by molar-refractivity contribution is -0.118. The van der Waals surface area contributed by atoms with E-state index in [1.54, 1.807) is 12.1 Å². The van der Waals surface area contributed by atoms with Crippen molar-refractivity contribution in [3.63, 3.8) is 0 Å². The van der Waals surface area contributed by atoms with Crippen LogP contribution in [0.2, 0.25) is 0 Å². The number of nitrogens with one attached hydrogen (secondary N) is 1. The van der Waals surface area contributed by atoms with Crippen molar-refractivity contribution >= 4 is 11.6 Å². The fourth-order valence-corrected chi connectivity index (χ4v) is 2.86. The lowest BCUT2D eigenvalue weighted by atomic mass is 9.91. The Hall–Kier alpha value is -1.46. The van der Waals surface area contributed by atoms with Crippen LogP contribution in [-0.4, -0.2) is 36.5 Å². The first kappa shape index (κ1) is 14.9. The number of hydrogen-bond donors (Lipinski definition) is 2. The molecule has 4 nitrogen and oxygen atoms in total. The van der Waals surface area contributed by atoms with Gasteiger partial charge in [0.2, 0.25) is 5.91 Å². The van der Waals surface area contributed by atoms with Crippen LogP contribution in [-0.2, 0) is 4.79 Å². The summed E-state index contributed by atoms with van der Waals surface area (Å²) < 4.78 is 13.1. The molecule has 20 heavy (non-hydrogen) atoms. The molecule has 0 bridgehead atoms. The molecule has 2 atom stereocenters. The lowest BCUT2D eigenvalue weighted by Gasteiger charge is -2.38. The molecule has 3 N–H and O–H groups in total. The third-order valence-electron chi connectivity index (χ3n) is 3.93. The number of carbonyl (C=O) groups is 1. The largest absolute Gasteiger partial charge is 0.329 e. The van der Waals surface area contributed by atoms with E-state index in [-0.39, 0.29) is 17.8 Å². The minimum atomic E-state index is -0.353. The zero-order valence-electron chi connectivity index (χ0n) is 11.8. The minimum absolute atomic E-state index is 0.122. The van der Waals surface area contributed by atoms with Crippen molar-refractivity contribution in [3.05, 3.63) is 30.1 Å². The molecule has 0 radical (unpaired) electrons. The first-order valence-corrected chi connectivity index (χ1v) is 7.09. The predicted octanol–water partition coefficient (Wildman–Crippen LogP) is 1.82. The second-order valence-electron chi connectivity index (χ2n) is 5.45. The Morgan fingerprint density at radius 3 is 3.05 bits per heavy atom. The van der Waals surface area contributed by atoms with Gasteiger partial charge in [-0.1, -0.05) is 13.0 Å². The third-order valence-corrected chi connectivity index (χ3v) is 3.93. The number of carbonyl (C=O) groups excluding carboxylic acids is 1. The SMILES string of the molecule is CC1CCCN(CC(=O)Nc2cccc(F)c2)C1CN. The number of rotatable bonds is 4. The summed E-state index contributed by atoms with van der Waals surface area (Å²) in [6, 6.07) is 6.18. The van der Waals surface area contributed by atoms with Crippen LogP contribution in [0.4, 0.5) is 10.1 Å². The zero-order chi connectivity index (χ0) is 14.5. The van der Waals surface area contributed by atoms with Crippen LogP contribution < -0.4 is 11.1 Å². The number of nitrogens with zero attached hydrogens (tertiary/aromatic N) is 1. The van der Waals surface area contributed by atoms with E-state index >= 15 is 0 Å². The number of likely N-dealkylation sites (tertiary alicyclic amines) is 1. The summed E-state index contributed by atoms with van der Waals surface area (Å²) in [4.78, 5) is 14.2. The number of nitrogens with two attached hydrogens (primary N) is 1. The van der Waals surface area contributed by atoms with Crippen LogP contribution >= 0.6 is 0 Å². The van der Waals surface area contributed by atoms with Crippen molar-refractivity contribution in [2.24, 2.45) is 11.7 Å². The molecule has 1 aliphatic heterocycles. The van der Waals surface area contributed by atoms with E-state index in [9.17, 15) is 9.18 Å². The highest BCUT2D eigenvalue weighted by atomic mass is 19.1. The average molecular weight is 279 g/mol. The standard InChI is InChI=1S/C15H22FN3O/c1-11-4-3-7-19(14(11)9-17)10-15(20)18-13-6-2-5-12(16)8-13/h2,5-6,8,11,14H,3-4,7,9-10,17H2,1H3,(H,18,20). The fraction of sp³-hybridized carbons (Fsp3) is 0.533. The zero-order valence-corrected chi connectivity index (χ0v) is 11.8. The molecule has 5 heteroatoms. The Kier molecular flexibility index (Phi) is 5.09. The van der Waals surface area contributed by atoms with Gasteiger partial charge in [-0.2, -0.15) is 0 Å². The Bertz CT molecular complexity index is 466. The van der Waals surface area contributed by atoms with Gasteiger partial charge in [-0.05, 0) is 43.5 Å². The Morgan fingerprint density at radius 2 is 2.35 bits per heavy atom. The molecule has 1 aromatic carbocycles. The summed E-state index contributed by atoms with van der Waals surface area (Å²) in [6.07, 6.45) is 2.24. The van der Waals surface area contributed by atoms with E-state index in [1.807, 2.05) is 0 Å². The van der Waals surface area contributed by atoms with Gasteiger partial charge in [-0.3, -0.25) is 9.69 Å². The van der Waals surface area contributed by atoms with E-state index in [0.717, 1.165) is 19.4 Å². The highest BCUT2D eigenvalue weighted by Crippen LogP contribution is 2.22. The van der Waals surface area contributed by atoms with E-state index < -0.39 is 0 Å². The molecule has 0 spiro atoms.